The minimum Gasteiger partial charge on any atom is -0.317 e. The second-order valence-electron chi connectivity index (χ2n) is 3.92. The minimum atomic E-state index is 0.728. The van der Waals surface area contributed by atoms with Gasteiger partial charge in [-0.15, -0.1) is 0 Å². The predicted molar refractivity (Wildman–Crippen MR) is 49.6 cm³/mol. The molecular weight excluding hydrogens is 134 g/mol. The molecule has 3 unspecified atom stereocenters. The molecule has 0 bridgehead atoms. The second kappa shape index (κ2) is 4.10. The van der Waals surface area contributed by atoms with Crippen LogP contribution in [-0.4, -0.2) is 13.1 Å². The Morgan fingerprint density at radius 2 is 2.18 bits per heavy atom. The van der Waals surface area contributed by atoms with Crippen LogP contribution in [0.15, 0.2) is 0 Å². The Morgan fingerprint density at radius 3 is 2.64 bits per heavy atom. The minimum absolute atomic E-state index is 0.728. The highest BCUT2D eigenvalue weighted by Gasteiger charge is 2.26. The number of hydrogen-bond acceptors (Lipinski definition) is 1. The van der Waals surface area contributed by atoms with Gasteiger partial charge in [0, 0.05) is 6.04 Å². The Balaban J connectivity index is 2.29. The van der Waals surface area contributed by atoms with Crippen molar-refractivity contribution >= 4 is 0 Å². The van der Waals surface area contributed by atoms with Crippen molar-refractivity contribution < 1.29 is 0 Å². The summed E-state index contributed by atoms with van der Waals surface area (Å²) < 4.78 is 0. The Hall–Kier alpha value is -0.0400. The molecule has 0 radical (unpaired) electrons. The van der Waals surface area contributed by atoms with E-state index >= 15 is 0 Å². The van der Waals surface area contributed by atoms with Crippen molar-refractivity contribution in [3.8, 4) is 0 Å². The summed E-state index contributed by atoms with van der Waals surface area (Å²) >= 11 is 0. The fraction of sp³-hybridized carbons (Fsp3) is 1.00. The summed E-state index contributed by atoms with van der Waals surface area (Å²) in [6.45, 7) is 4.62. The van der Waals surface area contributed by atoms with Crippen LogP contribution < -0.4 is 5.32 Å². The summed E-state index contributed by atoms with van der Waals surface area (Å²) in [5.74, 6) is 1.97. The molecule has 1 nitrogen and oxygen atoms in total. The van der Waals surface area contributed by atoms with E-state index in [1.807, 2.05) is 0 Å². The van der Waals surface area contributed by atoms with Gasteiger partial charge in [-0.25, -0.2) is 0 Å². The third-order valence-electron chi connectivity index (χ3n) is 3.32. The van der Waals surface area contributed by atoms with Crippen molar-refractivity contribution in [2.24, 2.45) is 11.8 Å². The fourth-order valence-corrected chi connectivity index (χ4v) is 2.17. The van der Waals surface area contributed by atoms with E-state index in [0.29, 0.717) is 0 Å². The maximum atomic E-state index is 3.35. The first-order valence-electron chi connectivity index (χ1n) is 4.95. The largest absolute Gasteiger partial charge is 0.317 e. The van der Waals surface area contributed by atoms with Gasteiger partial charge >= 0.3 is 0 Å². The van der Waals surface area contributed by atoms with Gasteiger partial charge in [0.1, 0.15) is 0 Å². The van der Waals surface area contributed by atoms with E-state index in [4.69, 9.17) is 0 Å². The number of nitrogens with one attached hydrogen (secondary N) is 1. The SMILES string of the molecule is CCC1CCC(C(C)NC)C1. The van der Waals surface area contributed by atoms with Crippen LogP contribution in [-0.2, 0) is 0 Å². The van der Waals surface area contributed by atoms with E-state index in [9.17, 15) is 0 Å². The van der Waals surface area contributed by atoms with Crippen molar-refractivity contribution in [3.63, 3.8) is 0 Å². The highest BCUT2D eigenvalue weighted by Crippen LogP contribution is 2.34. The van der Waals surface area contributed by atoms with Crippen LogP contribution in [0.2, 0.25) is 0 Å². The van der Waals surface area contributed by atoms with E-state index in [1.54, 1.807) is 0 Å². The van der Waals surface area contributed by atoms with Crippen LogP contribution in [0.25, 0.3) is 0 Å². The Kier molecular flexibility index (Phi) is 3.38. The molecular formula is C10H21N. The molecule has 0 saturated heterocycles. The van der Waals surface area contributed by atoms with E-state index in [0.717, 1.165) is 17.9 Å². The molecule has 1 heteroatoms. The summed E-state index contributed by atoms with van der Waals surface area (Å²) in [4.78, 5) is 0. The monoisotopic (exact) mass is 155 g/mol. The summed E-state index contributed by atoms with van der Waals surface area (Å²) in [6, 6.07) is 0.728. The van der Waals surface area contributed by atoms with Crippen LogP contribution in [0.1, 0.15) is 39.5 Å². The van der Waals surface area contributed by atoms with Crippen LogP contribution in [0.5, 0.6) is 0 Å². The average molecular weight is 155 g/mol. The lowest BCUT2D eigenvalue weighted by molar-refractivity contribution is 0.385. The van der Waals surface area contributed by atoms with Crippen molar-refractivity contribution in [2.75, 3.05) is 7.05 Å². The lowest BCUT2D eigenvalue weighted by Crippen LogP contribution is -2.28. The molecule has 66 valence electrons. The van der Waals surface area contributed by atoms with Gasteiger partial charge in [-0.3, -0.25) is 0 Å². The zero-order valence-electron chi connectivity index (χ0n) is 8.06. The quantitative estimate of drug-likeness (QED) is 0.660. The summed E-state index contributed by atoms with van der Waals surface area (Å²) in [5, 5.41) is 3.35. The normalized spacial score (nSPS) is 34.1. The lowest BCUT2D eigenvalue weighted by atomic mass is 9.97. The standard InChI is InChI=1S/C10H21N/c1-4-9-5-6-10(7-9)8(2)11-3/h8-11H,4-7H2,1-3H3. The van der Waals surface area contributed by atoms with Gasteiger partial charge < -0.3 is 5.32 Å². The highest BCUT2D eigenvalue weighted by atomic mass is 14.9. The summed E-state index contributed by atoms with van der Waals surface area (Å²) in [6.07, 6.45) is 5.75. The second-order valence-corrected chi connectivity index (χ2v) is 3.92. The molecule has 0 aromatic carbocycles. The first-order valence-corrected chi connectivity index (χ1v) is 4.95. The molecule has 1 rings (SSSR count). The molecule has 1 saturated carbocycles. The first-order chi connectivity index (χ1) is 5.27. The molecule has 0 amide bonds. The van der Waals surface area contributed by atoms with Crippen LogP contribution in [0.3, 0.4) is 0 Å². The van der Waals surface area contributed by atoms with Gasteiger partial charge in [0.2, 0.25) is 0 Å². The third-order valence-corrected chi connectivity index (χ3v) is 3.32. The molecule has 1 aliphatic carbocycles. The number of rotatable bonds is 3. The fourth-order valence-electron chi connectivity index (χ4n) is 2.17. The molecule has 3 atom stereocenters. The Labute approximate surface area is 70.6 Å². The topological polar surface area (TPSA) is 12.0 Å². The van der Waals surface area contributed by atoms with Crippen LogP contribution >= 0.6 is 0 Å². The third kappa shape index (κ3) is 2.19. The Bertz CT molecular complexity index is 111. The maximum absolute atomic E-state index is 3.35. The molecule has 1 N–H and O–H groups in total. The van der Waals surface area contributed by atoms with Gasteiger partial charge in [-0.2, -0.15) is 0 Å². The summed E-state index contributed by atoms with van der Waals surface area (Å²) in [5.41, 5.74) is 0. The maximum Gasteiger partial charge on any atom is 0.00641 e. The van der Waals surface area contributed by atoms with Crippen molar-refractivity contribution in [2.45, 2.75) is 45.6 Å². The molecule has 11 heavy (non-hydrogen) atoms. The molecule has 0 aromatic rings. The van der Waals surface area contributed by atoms with E-state index in [2.05, 4.69) is 26.2 Å². The van der Waals surface area contributed by atoms with E-state index in [-0.39, 0.29) is 0 Å². The van der Waals surface area contributed by atoms with Gasteiger partial charge in [0.05, 0.1) is 0 Å². The van der Waals surface area contributed by atoms with Crippen molar-refractivity contribution in [3.05, 3.63) is 0 Å². The smallest absolute Gasteiger partial charge is 0.00641 e. The van der Waals surface area contributed by atoms with E-state index in [1.165, 1.54) is 25.7 Å². The first kappa shape index (κ1) is 9.05. The molecule has 1 aliphatic rings. The van der Waals surface area contributed by atoms with Gasteiger partial charge in [-0.05, 0) is 38.6 Å². The van der Waals surface area contributed by atoms with Gasteiger partial charge in [0.25, 0.3) is 0 Å². The average Bonchev–Trinajstić information content (AvgIpc) is 2.50. The van der Waals surface area contributed by atoms with Crippen LogP contribution in [0.4, 0.5) is 0 Å². The zero-order chi connectivity index (χ0) is 8.27. The molecule has 0 aliphatic heterocycles. The molecule has 1 fully saturated rings. The van der Waals surface area contributed by atoms with Gasteiger partial charge in [0.15, 0.2) is 0 Å². The predicted octanol–water partition coefficient (Wildman–Crippen LogP) is 2.42. The van der Waals surface area contributed by atoms with E-state index < -0.39 is 0 Å². The zero-order valence-corrected chi connectivity index (χ0v) is 8.06. The van der Waals surface area contributed by atoms with Crippen molar-refractivity contribution in [1.82, 2.24) is 5.32 Å². The Morgan fingerprint density at radius 1 is 1.45 bits per heavy atom. The molecule has 0 spiro atoms. The van der Waals surface area contributed by atoms with Gasteiger partial charge in [-0.1, -0.05) is 19.8 Å². The molecule has 0 heterocycles. The lowest BCUT2D eigenvalue weighted by Gasteiger charge is -2.18. The van der Waals surface area contributed by atoms with Crippen LogP contribution in [0, 0.1) is 11.8 Å². The molecule has 0 aromatic heterocycles. The summed E-state index contributed by atoms with van der Waals surface area (Å²) in [7, 11) is 2.07. The highest BCUT2D eigenvalue weighted by molar-refractivity contribution is 4.80. The van der Waals surface area contributed by atoms with Crippen molar-refractivity contribution in [1.29, 1.82) is 0 Å². The number of hydrogen-bond donors (Lipinski definition) is 1.